The monoisotopic (exact) mass is 252 g/mol. The van der Waals surface area contributed by atoms with Crippen molar-refractivity contribution in [2.45, 2.75) is 37.8 Å². The Morgan fingerprint density at radius 3 is 2.53 bits per heavy atom. The van der Waals surface area contributed by atoms with Crippen molar-refractivity contribution in [3.8, 4) is 0 Å². The van der Waals surface area contributed by atoms with Crippen molar-refractivity contribution in [2.24, 2.45) is 7.05 Å². The Labute approximate surface area is 114 Å². The number of fused-ring (bicyclic) bond motifs is 2. The lowest BCUT2D eigenvalue weighted by molar-refractivity contribution is 0.320. The van der Waals surface area contributed by atoms with Crippen molar-refractivity contribution in [3.63, 3.8) is 0 Å². The first-order valence-electron chi connectivity index (χ1n) is 7.26. The summed E-state index contributed by atoms with van der Waals surface area (Å²) >= 11 is 0. The van der Waals surface area contributed by atoms with E-state index in [1.165, 1.54) is 18.7 Å². The quantitative estimate of drug-likeness (QED) is 0.748. The highest BCUT2D eigenvalue weighted by molar-refractivity contribution is 5.53. The largest absolute Gasteiger partial charge is 0.348 e. The Morgan fingerprint density at radius 1 is 1.00 bits per heavy atom. The predicted molar refractivity (Wildman–Crippen MR) is 78.5 cm³/mol. The van der Waals surface area contributed by atoms with Gasteiger partial charge in [-0.05, 0) is 43.0 Å². The van der Waals surface area contributed by atoms with Gasteiger partial charge in [0.2, 0.25) is 0 Å². The third-order valence-corrected chi connectivity index (χ3v) is 5.04. The highest BCUT2D eigenvalue weighted by Crippen LogP contribution is 2.51. The molecule has 1 aromatic heterocycles. The van der Waals surface area contributed by atoms with Crippen LogP contribution in [0.25, 0.3) is 0 Å². The molecule has 2 heteroatoms. The van der Waals surface area contributed by atoms with Crippen LogP contribution in [0.15, 0.2) is 42.6 Å². The van der Waals surface area contributed by atoms with Crippen LogP contribution in [0.1, 0.15) is 42.9 Å². The van der Waals surface area contributed by atoms with Crippen LogP contribution in [-0.2, 0) is 7.05 Å². The second-order valence-electron chi connectivity index (χ2n) is 5.95. The van der Waals surface area contributed by atoms with Gasteiger partial charge in [0.1, 0.15) is 5.82 Å². The van der Waals surface area contributed by atoms with E-state index in [4.69, 9.17) is 0 Å². The molecule has 1 fully saturated rings. The van der Waals surface area contributed by atoms with E-state index < -0.39 is 0 Å². The van der Waals surface area contributed by atoms with Crippen LogP contribution in [0.3, 0.4) is 0 Å². The number of nitrogens with zero attached hydrogens (tertiary/aromatic N) is 2. The molecule has 0 radical (unpaired) electrons. The molecule has 0 N–H and O–H groups in total. The molecule has 2 bridgehead atoms. The Bertz CT molecular complexity index is 613. The number of hydrogen-bond acceptors (Lipinski definition) is 1. The molecule has 2 nitrogen and oxygen atoms in total. The van der Waals surface area contributed by atoms with Crippen LogP contribution < -0.4 is 4.90 Å². The maximum atomic E-state index is 2.64. The molecule has 3 atom stereocenters. The Morgan fingerprint density at radius 2 is 1.79 bits per heavy atom. The SMILES string of the molecule is CC1C2CCC(c3ccccc32)N1c1cccn1C. The van der Waals surface area contributed by atoms with Crippen LogP contribution in [0.4, 0.5) is 5.82 Å². The van der Waals surface area contributed by atoms with E-state index in [0.29, 0.717) is 18.0 Å². The molecule has 0 spiro atoms. The summed E-state index contributed by atoms with van der Waals surface area (Å²) in [6.07, 6.45) is 4.78. The lowest BCUT2D eigenvalue weighted by Gasteiger charge is -2.52. The minimum absolute atomic E-state index is 0.560. The van der Waals surface area contributed by atoms with Gasteiger partial charge in [0.15, 0.2) is 0 Å². The van der Waals surface area contributed by atoms with Crippen molar-refractivity contribution in [3.05, 3.63) is 53.7 Å². The molecule has 19 heavy (non-hydrogen) atoms. The fourth-order valence-electron chi connectivity index (χ4n) is 4.16. The van der Waals surface area contributed by atoms with Crippen molar-refractivity contribution in [1.29, 1.82) is 0 Å². The second kappa shape index (κ2) is 3.89. The van der Waals surface area contributed by atoms with Crippen LogP contribution >= 0.6 is 0 Å². The van der Waals surface area contributed by atoms with Gasteiger partial charge in [0, 0.05) is 25.2 Å². The number of benzene rings is 1. The lowest BCUT2D eigenvalue weighted by atomic mass is 9.71. The first-order valence-corrected chi connectivity index (χ1v) is 7.26. The zero-order chi connectivity index (χ0) is 13.0. The van der Waals surface area contributed by atoms with E-state index in [0.717, 1.165) is 0 Å². The fraction of sp³-hybridized carbons (Fsp3) is 0.412. The average molecular weight is 252 g/mol. The molecule has 1 aliphatic carbocycles. The molecule has 2 aliphatic heterocycles. The normalized spacial score (nSPS) is 28.5. The second-order valence-corrected chi connectivity index (χ2v) is 5.95. The maximum absolute atomic E-state index is 2.64. The van der Waals surface area contributed by atoms with Crippen LogP contribution in [0, 0.1) is 0 Å². The van der Waals surface area contributed by atoms with Crippen molar-refractivity contribution >= 4 is 5.82 Å². The standard InChI is InChI=1S/C17H20N2/c1-12-13-9-10-16(15-7-4-3-6-14(13)15)19(12)17-8-5-11-18(17)2/h3-8,11-13,16H,9-10H2,1-2H3. The molecular formula is C17H20N2. The molecular weight excluding hydrogens is 232 g/mol. The van der Waals surface area contributed by atoms with Gasteiger partial charge in [-0.25, -0.2) is 0 Å². The Kier molecular flexibility index (Phi) is 2.29. The smallest absolute Gasteiger partial charge is 0.108 e. The minimum Gasteiger partial charge on any atom is -0.348 e. The molecule has 0 saturated carbocycles. The van der Waals surface area contributed by atoms with Crippen LogP contribution in [-0.4, -0.2) is 10.6 Å². The van der Waals surface area contributed by atoms with E-state index in [2.05, 4.69) is 66.0 Å². The zero-order valence-corrected chi connectivity index (χ0v) is 11.6. The van der Waals surface area contributed by atoms with Gasteiger partial charge in [-0.1, -0.05) is 24.3 Å². The van der Waals surface area contributed by atoms with Crippen molar-refractivity contribution < 1.29 is 0 Å². The molecule has 3 heterocycles. The summed E-state index contributed by atoms with van der Waals surface area (Å²) < 4.78 is 2.25. The molecule has 3 aliphatic rings. The van der Waals surface area contributed by atoms with Crippen LogP contribution in [0.5, 0.6) is 0 Å². The Balaban J connectivity index is 1.87. The molecule has 3 unspecified atom stereocenters. The summed E-state index contributed by atoms with van der Waals surface area (Å²) in [6, 6.07) is 14.6. The number of aryl methyl sites for hydroxylation is 1. The first kappa shape index (κ1) is 11.2. The molecule has 2 aromatic rings. The van der Waals surface area contributed by atoms with Crippen LogP contribution in [0.2, 0.25) is 0 Å². The average Bonchev–Trinajstić information content (AvgIpc) is 2.86. The first-order chi connectivity index (χ1) is 9.27. The number of hydrogen-bond donors (Lipinski definition) is 0. The zero-order valence-electron chi connectivity index (χ0n) is 11.6. The van der Waals surface area contributed by atoms with E-state index in [1.807, 2.05) is 0 Å². The topological polar surface area (TPSA) is 8.17 Å². The fourth-order valence-corrected chi connectivity index (χ4v) is 4.16. The lowest BCUT2D eigenvalue weighted by Crippen LogP contribution is -2.49. The molecule has 1 aromatic carbocycles. The predicted octanol–water partition coefficient (Wildman–Crippen LogP) is 3.85. The summed E-state index contributed by atoms with van der Waals surface area (Å²) in [5, 5.41) is 0. The van der Waals surface area contributed by atoms with Crippen molar-refractivity contribution in [2.75, 3.05) is 4.90 Å². The molecule has 0 amide bonds. The van der Waals surface area contributed by atoms with E-state index >= 15 is 0 Å². The number of rotatable bonds is 1. The van der Waals surface area contributed by atoms with Gasteiger partial charge in [0.05, 0.1) is 6.04 Å². The van der Waals surface area contributed by atoms with E-state index in [9.17, 15) is 0 Å². The maximum Gasteiger partial charge on any atom is 0.108 e. The highest BCUT2D eigenvalue weighted by atomic mass is 15.3. The molecule has 1 saturated heterocycles. The summed E-state index contributed by atoms with van der Waals surface area (Å²) in [4.78, 5) is 2.64. The van der Waals surface area contributed by atoms with E-state index in [1.54, 1.807) is 11.1 Å². The third kappa shape index (κ3) is 1.43. The summed E-state index contributed by atoms with van der Waals surface area (Å²) in [5.74, 6) is 2.05. The van der Waals surface area contributed by atoms with Gasteiger partial charge in [-0.15, -0.1) is 0 Å². The third-order valence-electron chi connectivity index (χ3n) is 5.04. The van der Waals surface area contributed by atoms with Gasteiger partial charge < -0.3 is 9.47 Å². The van der Waals surface area contributed by atoms with Gasteiger partial charge >= 0.3 is 0 Å². The van der Waals surface area contributed by atoms with Gasteiger partial charge in [-0.3, -0.25) is 0 Å². The van der Waals surface area contributed by atoms with E-state index in [-0.39, 0.29) is 0 Å². The van der Waals surface area contributed by atoms with Gasteiger partial charge in [-0.2, -0.15) is 0 Å². The summed E-state index contributed by atoms with van der Waals surface area (Å²) in [7, 11) is 2.15. The summed E-state index contributed by atoms with van der Waals surface area (Å²) in [6.45, 7) is 2.39. The highest BCUT2D eigenvalue weighted by Gasteiger charge is 2.43. The van der Waals surface area contributed by atoms with Gasteiger partial charge in [0.25, 0.3) is 0 Å². The molecule has 98 valence electrons. The van der Waals surface area contributed by atoms with Crippen molar-refractivity contribution in [1.82, 2.24) is 4.57 Å². The minimum atomic E-state index is 0.560. The molecule has 5 rings (SSSR count). The number of aromatic nitrogens is 1. The number of anilines is 1. The number of piperidine rings is 1. The Hall–Kier alpha value is -1.70. The summed E-state index contributed by atoms with van der Waals surface area (Å²) in [5.41, 5.74) is 3.15.